The molecule has 2 aliphatic heterocycles. The highest BCUT2D eigenvalue weighted by Gasteiger charge is 2.43. The van der Waals surface area contributed by atoms with E-state index in [4.69, 9.17) is 4.84 Å². The normalized spacial score (nSPS) is 16.9. The molecule has 3 aromatic rings. The van der Waals surface area contributed by atoms with Gasteiger partial charge in [0.1, 0.15) is 5.75 Å². The largest absolute Gasteiger partial charge is 0.573 e. The molecule has 1 amide bonds. The molecular weight excluding hydrogens is 621 g/mol. The van der Waals surface area contributed by atoms with E-state index in [0.717, 1.165) is 64.0 Å². The summed E-state index contributed by atoms with van der Waals surface area (Å²) in [5.74, 6) is -1.43. The van der Waals surface area contributed by atoms with Crippen LogP contribution in [0.3, 0.4) is 0 Å². The molecule has 2 fully saturated rings. The van der Waals surface area contributed by atoms with Gasteiger partial charge >= 0.3 is 6.36 Å². The van der Waals surface area contributed by atoms with Gasteiger partial charge in [0, 0.05) is 31.7 Å². The number of halogens is 3. The molecule has 13 heteroatoms. The van der Waals surface area contributed by atoms with E-state index < -0.39 is 27.9 Å². The quantitative estimate of drug-likeness (QED) is 0.234. The summed E-state index contributed by atoms with van der Waals surface area (Å²) >= 11 is 0. The fourth-order valence-electron chi connectivity index (χ4n) is 6.14. The van der Waals surface area contributed by atoms with Crippen LogP contribution in [0.25, 0.3) is 0 Å². The van der Waals surface area contributed by atoms with Crippen molar-refractivity contribution < 1.29 is 36.0 Å². The first-order chi connectivity index (χ1) is 22.0. The van der Waals surface area contributed by atoms with Gasteiger partial charge in [-0.2, -0.15) is 8.42 Å². The Balaban J connectivity index is 1.38. The molecular formula is C33H39F3N4O5S. The molecule has 46 heavy (non-hydrogen) atoms. The second kappa shape index (κ2) is 14.3. The first-order valence-corrected chi connectivity index (χ1v) is 17.0. The highest BCUT2D eigenvalue weighted by atomic mass is 32.2. The van der Waals surface area contributed by atoms with Crippen LogP contribution in [0.15, 0.2) is 83.8 Å². The van der Waals surface area contributed by atoms with Gasteiger partial charge < -0.3 is 14.9 Å². The lowest BCUT2D eigenvalue weighted by molar-refractivity contribution is -0.274. The Kier molecular flexibility index (Phi) is 10.4. The fourth-order valence-corrected chi connectivity index (χ4v) is 7.39. The van der Waals surface area contributed by atoms with Crippen LogP contribution in [0.4, 0.5) is 18.9 Å². The van der Waals surface area contributed by atoms with E-state index >= 15 is 0 Å². The molecule has 2 aliphatic rings. The molecule has 0 aromatic heterocycles. The fraction of sp³-hybridized carbons (Fsp3) is 0.424. The molecule has 2 saturated heterocycles. The molecule has 3 aromatic carbocycles. The van der Waals surface area contributed by atoms with Crippen molar-refractivity contribution in [3.63, 3.8) is 0 Å². The van der Waals surface area contributed by atoms with Gasteiger partial charge in [0.05, 0.1) is 10.6 Å². The van der Waals surface area contributed by atoms with Crippen LogP contribution < -0.4 is 19.4 Å². The number of alkyl halides is 3. The van der Waals surface area contributed by atoms with Crippen molar-refractivity contribution in [2.45, 2.75) is 68.9 Å². The number of hydrogen-bond donors (Lipinski definition) is 1. The maximum Gasteiger partial charge on any atom is 0.573 e. The van der Waals surface area contributed by atoms with Gasteiger partial charge in [0.2, 0.25) is 0 Å². The van der Waals surface area contributed by atoms with Crippen LogP contribution in [0.1, 0.15) is 62.2 Å². The molecule has 0 bridgehead atoms. The number of likely N-dealkylation sites (tertiary alicyclic amines) is 2. The predicted octanol–water partition coefficient (Wildman–Crippen LogP) is 6.54. The number of ether oxygens (including phenoxy) is 1. The molecule has 0 atom stereocenters. The van der Waals surface area contributed by atoms with E-state index in [1.54, 1.807) is 18.2 Å². The highest BCUT2D eigenvalue weighted by Crippen LogP contribution is 2.31. The van der Waals surface area contributed by atoms with Gasteiger partial charge in [-0.05, 0) is 92.8 Å². The summed E-state index contributed by atoms with van der Waals surface area (Å²) in [6.45, 7) is 5.68. The first kappa shape index (κ1) is 33.6. The van der Waals surface area contributed by atoms with Crippen molar-refractivity contribution in [3.05, 3.63) is 84.4 Å². The van der Waals surface area contributed by atoms with Gasteiger partial charge in [-0.3, -0.25) is 14.6 Å². The zero-order valence-electron chi connectivity index (χ0n) is 25.7. The van der Waals surface area contributed by atoms with Crippen LogP contribution in [-0.4, -0.2) is 62.5 Å². The van der Waals surface area contributed by atoms with E-state index in [0.29, 0.717) is 16.5 Å². The van der Waals surface area contributed by atoms with Gasteiger partial charge in [-0.1, -0.05) is 42.4 Å². The number of benzene rings is 3. The molecule has 1 N–H and O–H groups in total. The summed E-state index contributed by atoms with van der Waals surface area (Å²) in [7, 11) is -4.36. The topological polar surface area (TPSA) is 91.4 Å². The van der Waals surface area contributed by atoms with E-state index in [9.17, 15) is 26.4 Å². The first-order valence-electron chi connectivity index (χ1n) is 15.6. The Hall–Kier alpha value is -3.81. The summed E-state index contributed by atoms with van der Waals surface area (Å²) in [6.07, 6.45) is 2.46. The van der Waals surface area contributed by atoms with Crippen LogP contribution in [-0.2, 0) is 10.0 Å². The molecule has 0 aliphatic carbocycles. The Bertz CT molecular complexity index is 1520. The molecule has 2 heterocycles. The summed E-state index contributed by atoms with van der Waals surface area (Å²) in [5, 5.41) is 3.34. The van der Waals surface area contributed by atoms with E-state index in [1.165, 1.54) is 61.4 Å². The van der Waals surface area contributed by atoms with Crippen LogP contribution in [0.5, 0.6) is 11.5 Å². The maximum absolute atomic E-state index is 13.9. The average Bonchev–Trinajstić information content (AvgIpc) is 3.07. The minimum Gasteiger partial charge on any atom is -0.406 e. The Morgan fingerprint density at radius 2 is 1.30 bits per heavy atom. The molecule has 0 saturated carbocycles. The smallest absolute Gasteiger partial charge is 0.406 e. The maximum atomic E-state index is 13.9. The predicted molar refractivity (Wildman–Crippen MR) is 168 cm³/mol. The number of para-hydroxylation sites is 1. The zero-order chi connectivity index (χ0) is 32.8. The number of piperidine rings is 2. The summed E-state index contributed by atoms with van der Waals surface area (Å²) in [4.78, 5) is 24.1. The molecule has 0 radical (unpaired) electrons. The number of nitrogens with one attached hydrogen (secondary N) is 1. The number of carbonyl (C=O) groups excluding carboxylic acids is 1. The Morgan fingerprint density at radius 1 is 0.783 bits per heavy atom. The van der Waals surface area contributed by atoms with E-state index in [2.05, 4.69) is 26.8 Å². The monoisotopic (exact) mass is 660 g/mol. The number of carbonyl (C=O) groups is 1. The summed E-state index contributed by atoms with van der Waals surface area (Å²) in [5.41, 5.74) is 0.481. The second-order valence-corrected chi connectivity index (χ2v) is 13.2. The number of nitrogens with zero attached hydrogens (tertiary/aromatic N) is 3. The average molecular weight is 661 g/mol. The third kappa shape index (κ3) is 7.76. The van der Waals surface area contributed by atoms with Crippen LogP contribution in [0, 0.1) is 0 Å². The molecule has 248 valence electrons. The number of anilines is 1. The van der Waals surface area contributed by atoms with Crippen molar-refractivity contribution in [2.75, 3.05) is 30.6 Å². The number of hydrogen-bond acceptors (Lipinski definition) is 7. The third-order valence-corrected chi connectivity index (χ3v) is 10.0. The second-order valence-electron chi connectivity index (χ2n) is 11.4. The molecule has 9 nitrogen and oxygen atoms in total. The summed E-state index contributed by atoms with van der Waals surface area (Å²) in [6, 6.07) is 18.0. The van der Waals surface area contributed by atoms with Crippen molar-refractivity contribution in [2.24, 2.45) is 0 Å². The standard InChI is InChI=1S/C33H39F3N4O5S/c1-2-32(38-22-8-4-9-23-38,39-24-10-5-11-25-39)37-31(41)26-14-20-30(21-15-26)46(42,43)40(27-12-6-3-7-13-27)45-29-18-16-28(17-19-29)44-33(34,35)36/h3,6-7,12-21H,2,4-5,8-11,22-25H2,1H3,(H,37,41). The minimum atomic E-state index is -4.87. The van der Waals surface area contributed by atoms with Gasteiger partial charge in [0.15, 0.2) is 11.5 Å². The number of sulfonamides is 1. The minimum absolute atomic E-state index is 0.0377. The lowest BCUT2D eigenvalue weighted by Crippen LogP contribution is -2.71. The molecule has 5 rings (SSSR count). The van der Waals surface area contributed by atoms with Crippen molar-refractivity contribution in [1.29, 1.82) is 0 Å². The molecule has 0 unspecified atom stereocenters. The lowest BCUT2D eigenvalue weighted by Gasteiger charge is -2.53. The SMILES string of the molecule is CCC(NC(=O)c1ccc(S(=O)(=O)N(Oc2ccc(OC(F)(F)F)cc2)c2ccccc2)cc1)(N1CCCCC1)N1CCCCC1. The van der Waals surface area contributed by atoms with Gasteiger partial charge in [-0.25, -0.2) is 0 Å². The van der Waals surface area contributed by atoms with Crippen molar-refractivity contribution in [3.8, 4) is 11.5 Å². The molecule has 0 spiro atoms. The van der Waals surface area contributed by atoms with Crippen LogP contribution in [0.2, 0.25) is 0 Å². The van der Waals surface area contributed by atoms with Gasteiger partial charge in [-0.15, -0.1) is 13.2 Å². The van der Waals surface area contributed by atoms with Crippen molar-refractivity contribution in [1.82, 2.24) is 15.1 Å². The van der Waals surface area contributed by atoms with Gasteiger partial charge in [0.25, 0.3) is 15.9 Å². The third-order valence-electron chi connectivity index (χ3n) is 8.41. The lowest BCUT2D eigenvalue weighted by atomic mass is 10.0. The highest BCUT2D eigenvalue weighted by molar-refractivity contribution is 7.92. The van der Waals surface area contributed by atoms with Crippen LogP contribution >= 0.6 is 0 Å². The van der Waals surface area contributed by atoms with Crippen molar-refractivity contribution >= 4 is 21.6 Å². The number of rotatable bonds is 11. The summed E-state index contributed by atoms with van der Waals surface area (Å²) < 4.78 is 70.1. The Labute approximate surface area is 267 Å². The van der Waals surface area contributed by atoms with E-state index in [1.807, 2.05) is 0 Å². The zero-order valence-corrected chi connectivity index (χ0v) is 26.5. The van der Waals surface area contributed by atoms with E-state index in [-0.39, 0.29) is 22.2 Å². The Morgan fingerprint density at radius 3 is 1.80 bits per heavy atom. The number of amides is 1.